The molecule has 3 aromatic rings. The Morgan fingerprint density at radius 3 is 2.78 bits per heavy atom. The Labute approximate surface area is 153 Å². The molecule has 0 spiro atoms. The fraction of sp³-hybridized carbons (Fsp3) is 0.368. The highest BCUT2D eigenvalue weighted by Gasteiger charge is 2.34. The molecule has 1 fully saturated rings. The first-order valence-electron chi connectivity index (χ1n) is 8.76. The number of rotatable bonds is 4. The Hall–Kier alpha value is -2.61. The van der Waals surface area contributed by atoms with Gasteiger partial charge in [0.1, 0.15) is 0 Å². The first-order chi connectivity index (χ1) is 12.9. The van der Waals surface area contributed by atoms with Crippen molar-refractivity contribution < 1.29 is 18.3 Å². The normalized spacial score (nSPS) is 23.0. The van der Waals surface area contributed by atoms with Crippen LogP contribution in [0.4, 0.5) is 18.9 Å². The number of fused-ring (bicyclic) bond motifs is 1. The third kappa shape index (κ3) is 3.75. The highest BCUT2D eigenvalue weighted by Crippen LogP contribution is 2.34. The lowest BCUT2D eigenvalue weighted by Gasteiger charge is -2.19. The Morgan fingerprint density at radius 1 is 1.19 bits per heavy atom. The van der Waals surface area contributed by atoms with Gasteiger partial charge in [0.2, 0.25) is 0 Å². The molecule has 8 heteroatoms. The van der Waals surface area contributed by atoms with Gasteiger partial charge in [-0.2, -0.15) is 13.2 Å². The van der Waals surface area contributed by atoms with Gasteiger partial charge in [-0.05, 0) is 37.0 Å². The maximum atomic E-state index is 12.9. The van der Waals surface area contributed by atoms with Crippen molar-refractivity contribution in [2.75, 3.05) is 5.32 Å². The molecule has 1 aliphatic rings. The molecule has 0 saturated heterocycles. The van der Waals surface area contributed by atoms with Gasteiger partial charge in [-0.15, -0.1) is 0 Å². The molecule has 0 radical (unpaired) electrons. The second-order valence-corrected chi connectivity index (χ2v) is 7.00. The number of hydrogen-bond acceptors (Lipinski definition) is 4. The number of aliphatic hydroxyl groups is 1. The number of alkyl halides is 3. The van der Waals surface area contributed by atoms with E-state index in [2.05, 4.69) is 15.3 Å². The molecule has 2 N–H and O–H groups in total. The van der Waals surface area contributed by atoms with E-state index in [4.69, 9.17) is 0 Å². The van der Waals surface area contributed by atoms with Crippen LogP contribution in [0, 0.1) is 5.92 Å². The van der Waals surface area contributed by atoms with Crippen LogP contribution in [0.5, 0.6) is 0 Å². The van der Waals surface area contributed by atoms with Gasteiger partial charge >= 0.3 is 6.18 Å². The first-order valence-corrected chi connectivity index (χ1v) is 8.76. The molecule has 1 unspecified atom stereocenters. The molecule has 0 bridgehead atoms. The van der Waals surface area contributed by atoms with E-state index in [1.807, 2.05) is 10.8 Å². The molecule has 142 valence electrons. The smallest absolute Gasteiger partial charge is 0.391 e. The van der Waals surface area contributed by atoms with Crippen molar-refractivity contribution in [2.45, 2.75) is 37.7 Å². The lowest BCUT2D eigenvalue weighted by Crippen LogP contribution is -2.28. The van der Waals surface area contributed by atoms with Gasteiger partial charge in [-0.1, -0.05) is 6.07 Å². The van der Waals surface area contributed by atoms with E-state index in [-0.39, 0.29) is 11.6 Å². The van der Waals surface area contributed by atoms with Gasteiger partial charge in [0.05, 0.1) is 29.6 Å². The van der Waals surface area contributed by atoms with Crippen LogP contribution in [0.1, 0.15) is 18.4 Å². The third-order valence-corrected chi connectivity index (χ3v) is 5.07. The van der Waals surface area contributed by atoms with Gasteiger partial charge in [-0.25, -0.2) is 4.98 Å². The molecule has 3 atom stereocenters. The number of pyridine rings is 1. The van der Waals surface area contributed by atoms with Crippen LogP contribution in [0.3, 0.4) is 0 Å². The summed E-state index contributed by atoms with van der Waals surface area (Å²) in [7, 11) is 0. The lowest BCUT2D eigenvalue weighted by atomic mass is 10.1. The summed E-state index contributed by atoms with van der Waals surface area (Å²) in [5.74, 6) is 0.302. The number of aromatic nitrogens is 3. The topological polar surface area (TPSA) is 63.0 Å². The Bertz CT molecular complexity index is 926. The van der Waals surface area contributed by atoms with Gasteiger partial charge in [-0.3, -0.25) is 4.98 Å². The zero-order valence-corrected chi connectivity index (χ0v) is 14.4. The molecule has 0 amide bonds. The molecule has 2 aromatic heterocycles. The fourth-order valence-electron chi connectivity index (χ4n) is 3.77. The average Bonchev–Trinajstić information content (AvgIpc) is 3.24. The largest absolute Gasteiger partial charge is 0.416 e. The highest BCUT2D eigenvalue weighted by molar-refractivity contribution is 5.91. The van der Waals surface area contributed by atoms with Crippen molar-refractivity contribution in [1.82, 2.24) is 14.5 Å². The monoisotopic (exact) mass is 376 g/mol. The molecule has 0 aliphatic heterocycles. The van der Waals surface area contributed by atoms with Gasteiger partial charge in [0.15, 0.2) is 0 Å². The summed E-state index contributed by atoms with van der Waals surface area (Å²) in [5.41, 5.74) is 0.235. The van der Waals surface area contributed by atoms with Gasteiger partial charge < -0.3 is 15.0 Å². The number of hydrogen-bond donors (Lipinski definition) is 2. The summed E-state index contributed by atoms with van der Waals surface area (Å²) < 4.78 is 40.7. The summed E-state index contributed by atoms with van der Waals surface area (Å²) in [4.78, 5) is 8.09. The van der Waals surface area contributed by atoms with E-state index in [1.165, 1.54) is 12.3 Å². The Kier molecular flexibility index (Phi) is 4.51. The molecule has 27 heavy (non-hydrogen) atoms. The second-order valence-electron chi connectivity index (χ2n) is 7.00. The quantitative estimate of drug-likeness (QED) is 0.729. The number of nitrogens with zero attached hydrogens (tertiary/aromatic N) is 3. The zero-order chi connectivity index (χ0) is 19.0. The van der Waals surface area contributed by atoms with Gasteiger partial charge in [0.25, 0.3) is 0 Å². The summed E-state index contributed by atoms with van der Waals surface area (Å²) in [6.07, 6.45) is 3.36. The minimum Gasteiger partial charge on any atom is -0.391 e. The minimum atomic E-state index is -4.40. The van der Waals surface area contributed by atoms with Crippen LogP contribution >= 0.6 is 0 Å². The predicted molar refractivity (Wildman–Crippen MR) is 95.1 cm³/mol. The van der Waals surface area contributed by atoms with Gasteiger partial charge in [0, 0.05) is 36.2 Å². The third-order valence-electron chi connectivity index (χ3n) is 5.07. The maximum Gasteiger partial charge on any atom is 0.416 e. The molecular formula is C19H19F3N4O. The number of aliphatic hydroxyl groups excluding tert-OH is 1. The van der Waals surface area contributed by atoms with E-state index < -0.39 is 17.8 Å². The number of benzene rings is 1. The molecule has 1 aliphatic carbocycles. The standard InChI is InChI=1S/C19H19F3N4O/c20-19(21,22)13-1-2-14-15(3-4-24-16(14)9-13)25-17-7-12(8-18(17)27)10-26-6-5-23-11-26/h1-6,9,11-12,17-18,27H,7-8,10H2,(H,24,25)/t12?,17-,18-/m1/s1. The summed E-state index contributed by atoms with van der Waals surface area (Å²) >= 11 is 0. The summed E-state index contributed by atoms with van der Waals surface area (Å²) in [6.45, 7) is 0.779. The van der Waals surface area contributed by atoms with Crippen LogP contribution in [0.25, 0.3) is 10.9 Å². The number of imidazole rings is 1. The van der Waals surface area contributed by atoms with E-state index in [1.54, 1.807) is 18.6 Å². The molecule has 5 nitrogen and oxygen atoms in total. The van der Waals surface area contributed by atoms with Crippen LogP contribution in [-0.2, 0) is 12.7 Å². The van der Waals surface area contributed by atoms with E-state index in [9.17, 15) is 18.3 Å². The second kappa shape index (κ2) is 6.84. The summed E-state index contributed by atoms with van der Waals surface area (Å²) in [5, 5.41) is 14.3. The fourth-order valence-corrected chi connectivity index (χ4v) is 3.77. The van der Waals surface area contributed by atoms with Crippen LogP contribution < -0.4 is 5.32 Å². The van der Waals surface area contributed by atoms with Crippen molar-refractivity contribution in [2.24, 2.45) is 5.92 Å². The van der Waals surface area contributed by atoms with Crippen molar-refractivity contribution in [1.29, 1.82) is 0 Å². The SMILES string of the molecule is O[C@@H]1CC(Cn2ccnc2)C[C@H]1Nc1ccnc2cc(C(F)(F)F)ccc12. The molecule has 1 aromatic carbocycles. The highest BCUT2D eigenvalue weighted by atomic mass is 19.4. The van der Waals surface area contributed by atoms with Crippen LogP contribution in [-0.4, -0.2) is 31.8 Å². The van der Waals surface area contributed by atoms with E-state index in [0.717, 1.165) is 25.1 Å². The van der Waals surface area contributed by atoms with Crippen LogP contribution in [0.15, 0.2) is 49.2 Å². The zero-order valence-electron chi connectivity index (χ0n) is 14.4. The average molecular weight is 376 g/mol. The molecular weight excluding hydrogens is 357 g/mol. The van der Waals surface area contributed by atoms with Crippen molar-refractivity contribution in [3.8, 4) is 0 Å². The Balaban J connectivity index is 1.53. The van der Waals surface area contributed by atoms with E-state index >= 15 is 0 Å². The number of anilines is 1. The molecule has 2 heterocycles. The minimum absolute atomic E-state index is 0.161. The van der Waals surface area contributed by atoms with Crippen molar-refractivity contribution in [3.63, 3.8) is 0 Å². The first kappa shape index (κ1) is 17.8. The maximum absolute atomic E-state index is 12.9. The summed E-state index contributed by atoms with van der Waals surface area (Å²) in [6, 6.07) is 5.10. The van der Waals surface area contributed by atoms with Crippen LogP contribution in [0.2, 0.25) is 0 Å². The number of nitrogens with one attached hydrogen (secondary N) is 1. The Morgan fingerprint density at radius 2 is 2.04 bits per heavy atom. The molecule has 4 rings (SSSR count). The van der Waals surface area contributed by atoms with Crippen molar-refractivity contribution >= 4 is 16.6 Å². The number of halogens is 3. The van der Waals surface area contributed by atoms with Crippen molar-refractivity contribution in [3.05, 3.63) is 54.7 Å². The lowest BCUT2D eigenvalue weighted by molar-refractivity contribution is -0.137. The predicted octanol–water partition coefficient (Wildman–Crippen LogP) is 3.70. The molecule has 1 saturated carbocycles. The van der Waals surface area contributed by atoms with E-state index in [0.29, 0.717) is 23.4 Å².